The summed E-state index contributed by atoms with van der Waals surface area (Å²) < 4.78 is 24.1. The molecule has 0 aliphatic carbocycles. The average Bonchev–Trinajstić information content (AvgIpc) is 3.02. The molecule has 0 bridgehead atoms. The number of hydrogen-bond acceptors (Lipinski definition) is 3. The second-order valence-corrected chi connectivity index (χ2v) is 6.03. The first kappa shape index (κ1) is 16.5. The lowest BCUT2D eigenvalue weighted by atomic mass is 10.1. The van der Waals surface area contributed by atoms with E-state index >= 15 is 0 Å². The van der Waals surface area contributed by atoms with Crippen molar-refractivity contribution in [1.29, 1.82) is 0 Å². The Balaban J connectivity index is 1.55. The summed E-state index contributed by atoms with van der Waals surface area (Å²) in [5, 5.41) is 0. The Kier molecular flexibility index (Phi) is 5.16. The van der Waals surface area contributed by atoms with Crippen molar-refractivity contribution in [3.05, 3.63) is 65.0 Å². The quantitative estimate of drug-likeness (QED) is 0.803. The number of fused-ring (bicyclic) bond motifs is 1. The molecule has 0 fully saturated rings. The van der Waals surface area contributed by atoms with Crippen LogP contribution in [0.15, 0.2) is 42.5 Å². The van der Waals surface area contributed by atoms with E-state index in [1.165, 1.54) is 24.3 Å². The summed E-state index contributed by atoms with van der Waals surface area (Å²) in [4.78, 5) is 2.22. The highest BCUT2D eigenvalue weighted by Crippen LogP contribution is 2.26. The lowest BCUT2D eigenvalue weighted by Crippen LogP contribution is -2.17. The maximum atomic E-state index is 13.7. The van der Waals surface area contributed by atoms with E-state index in [9.17, 15) is 4.39 Å². The van der Waals surface area contributed by atoms with Gasteiger partial charge in [0, 0.05) is 19.5 Å². The van der Waals surface area contributed by atoms with E-state index in [2.05, 4.69) is 30.1 Å². The van der Waals surface area contributed by atoms with E-state index < -0.39 is 0 Å². The van der Waals surface area contributed by atoms with Crippen molar-refractivity contribution in [3.63, 3.8) is 0 Å². The number of benzene rings is 2. The molecule has 0 N–H and O–H groups in total. The normalized spacial score (nSPS) is 13.3. The fourth-order valence-corrected chi connectivity index (χ4v) is 2.87. The van der Waals surface area contributed by atoms with E-state index in [1.807, 2.05) is 18.2 Å². The topological polar surface area (TPSA) is 21.7 Å². The van der Waals surface area contributed by atoms with Crippen LogP contribution in [0.3, 0.4) is 0 Å². The third-order valence-corrected chi connectivity index (χ3v) is 4.11. The van der Waals surface area contributed by atoms with Gasteiger partial charge in [0.05, 0.1) is 13.7 Å². The summed E-state index contributed by atoms with van der Waals surface area (Å²) in [5.41, 5.74) is 3.41. The Morgan fingerprint density at radius 2 is 2.12 bits per heavy atom. The first-order valence-electron chi connectivity index (χ1n) is 8.09. The maximum absolute atomic E-state index is 13.7. The molecule has 1 heterocycles. The molecule has 0 radical (unpaired) electrons. The average molecular weight is 327 g/mol. The van der Waals surface area contributed by atoms with E-state index in [-0.39, 0.29) is 11.6 Å². The van der Waals surface area contributed by atoms with Gasteiger partial charge < -0.3 is 9.47 Å². The third-order valence-electron chi connectivity index (χ3n) is 4.11. The van der Waals surface area contributed by atoms with Gasteiger partial charge in [-0.3, -0.25) is 4.90 Å². The molecule has 0 unspecified atom stereocenters. The number of likely N-dealkylation sites (N-methyl/N-ethyl adjacent to an activating group) is 1. The minimum Gasteiger partial charge on any atom is -0.494 e. The van der Waals surface area contributed by atoms with Crippen LogP contribution in [0.1, 0.15) is 16.7 Å². The van der Waals surface area contributed by atoms with Gasteiger partial charge in [-0.05, 0) is 41.9 Å². The summed E-state index contributed by atoms with van der Waals surface area (Å²) in [6.45, 7) is 2.45. The number of halogens is 1. The second kappa shape index (κ2) is 7.49. The molecule has 0 aromatic heterocycles. The van der Waals surface area contributed by atoms with Gasteiger partial charge in [-0.25, -0.2) is 4.39 Å². The largest absolute Gasteiger partial charge is 0.494 e. The van der Waals surface area contributed by atoms with Crippen molar-refractivity contribution in [2.24, 2.45) is 0 Å². The highest BCUT2D eigenvalue weighted by atomic mass is 19.1. The SMILES string of the molecule is COc1ccc(C=CCN(C)Cc2ccc3c(c2)CCO3)cc1F. The summed E-state index contributed by atoms with van der Waals surface area (Å²) in [5.74, 6) is 0.945. The monoisotopic (exact) mass is 327 g/mol. The number of rotatable bonds is 6. The third kappa shape index (κ3) is 3.95. The summed E-state index contributed by atoms with van der Waals surface area (Å²) in [6.07, 6.45) is 4.96. The number of ether oxygens (including phenoxy) is 2. The molecular formula is C20H22FNO2. The van der Waals surface area contributed by atoms with Crippen LogP contribution in [0.5, 0.6) is 11.5 Å². The Labute approximate surface area is 142 Å². The second-order valence-electron chi connectivity index (χ2n) is 6.03. The number of hydrogen-bond donors (Lipinski definition) is 0. The lowest BCUT2D eigenvalue weighted by molar-refractivity contribution is 0.356. The predicted octanol–water partition coefficient (Wildman–Crippen LogP) is 3.91. The molecule has 2 aromatic carbocycles. The van der Waals surface area contributed by atoms with Crippen LogP contribution in [-0.4, -0.2) is 32.2 Å². The molecule has 0 amide bonds. The van der Waals surface area contributed by atoms with Gasteiger partial charge in [0.1, 0.15) is 5.75 Å². The van der Waals surface area contributed by atoms with Gasteiger partial charge in [-0.2, -0.15) is 0 Å². The number of methoxy groups -OCH3 is 1. The number of nitrogens with zero attached hydrogens (tertiary/aromatic N) is 1. The highest BCUT2D eigenvalue weighted by molar-refractivity contribution is 5.51. The highest BCUT2D eigenvalue weighted by Gasteiger charge is 2.12. The molecule has 0 spiro atoms. The van der Waals surface area contributed by atoms with Crippen molar-refractivity contribution in [2.45, 2.75) is 13.0 Å². The molecule has 4 heteroatoms. The van der Waals surface area contributed by atoms with E-state index in [0.29, 0.717) is 0 Å². The van der Waals surface area contributed by atoms with Crippen LogP contribution in [0.4, 0.5) is 4.39 Å². The van der Waals surface area contributed by atoms with E-state index in [1.54, 1.807) is 6.07 Å². The molecule has 2 aromatic rings. The van der Waals surface area contributed by atoms with Gasteiger partial charge in [0.15, 0.2) is 11.6 Å². The molecule has 0 saturated carbocycles. The van der Waals surface area contributed by atoms with Crippen LogP contribution in [0.2, 0.25) is 0 Å². The van der Waals surface area contributed by atoms with Crippen molar-refractivity contribution in [1.82, 2.24) is 4.90 Å². The van der Waals surface area contributed by atoms with Crippen molar-refractivity contribution >= 4 is 6.08 Å². The smallest absolute Gasteiger partial charge is 0.165 e. The minimum absolute atomic E-state index is 0.268. The summed E-state index contributed by atoms with van der Waals surface area (Å²) >= 11 is 0. The van der Waals surface area contributed by atoms with Crippen molar-refractivity contribution in [2.75, 3.05) is 27.3 Å². The van der Waals surface area contributed by atoms with Gasteiger partial charge in [-0.1, -0.05) is 30.4 Å². The minimum atomic E-state index is -0.339. The van der Waals surface area contributed by atoms with Crippen LogP contribution in [-0.2, 0) is 13.0 Å². The van der Waals surface area contributed by atoms with Crippen molar-refractivity contribution < 1.29 is 13.9 Å². The molecule has 1 aliphatic rings. The zero-order valence-electron chi connectivity index (χ0n) is 14.1. The standard InChI is InChI=1S/C20H22FNO2/c1-22(14-16-6-7-19-17(12-16)9-11-24-19)10-3-4-15-5-8-20(23-2)18(21)13-15/h3-8,12-13H,9-11,14H2,1-2H3. The molecule has 126 valence electrons. The zero-order chi connectivity index (χ0) is 16.9. The molecular weight excluding hydrogens is 305 g/mol. The van der Waals surface area contributed by atoms with Crippen LogP contribution >= 0.6 is 0 Å². The Bertz CT molecular complexity index is 742. The molecule has 3 rings (SSSR count). The molecule has 24 heavy (non-hydrogen) atoms. The molecule has 0 saturated heterocycles. The van der Waals surface area contributed by atoms with Gasteiger partial charge >= 0.3 is 0 Å². The fraction of sp³-hybridized carbons (Fsp3) is 0.300. The Morgan fingerprint density at radius 1 is 1.25 bits per heavy atom. The first-order chi connectivity index (χ1) is 11.7. The van der Waals surface area contributed by atoms with Gasteiger partial charge in [-0.15, -0.1) is 0 Å². The Morgan fingerprint density at radius 3 is 2.92 bits per heavy atom. The first-order valence-corrected chi connectivity index (χ1v) is 8.09. The van der Waals surface area contributed by atoms with Gasteiger partial charge in [0.2, 0.25) is 0 Å². The van der Waals surface area contributed by atoms with E-state index in [0.717, 1.165) is 37.4 Å². The van der Waals surface area contributed by atoms with Crippen LogP contribution in [0, 0.1) is 5.82 Å². The lowest BCUT2D eigenvalue weighted by Gasteiger charge is -2.15. The van der Waals surface area contributed by atoms with Gasteiger partial charge in [0.25, 0.3) is 0 Å². The molecule has 0 atom stereocenters. The van der Waals surface area contributed by atoms with E-state index in [4.69, 9.17) is 9.47 Å². The Hall–Kier alpha value is -2.33. The van der Waals surface area contributed by atoms with Crippen LogP contribution < -0.4 is 9.47 Å². The van der Waals surface area contributed by atoms with Crippen LogP contribution in [0.25, 0.3) is 6.08 Å². The zero-order valence-corrected chi connectivity index (χ0v) is 14.1. The maximum Gasteiger partial charge on any atom is 0.165 e. The molecule has 3 nitrogen and oxygen atoms in total. The van der Waals surface area contributed by atoms with Crippen molar-refractivity contribution in [3.8, 4) is 11.5 Å². The molecule has 1 aliphatic heterocycles. The fourth-order valence-electron chi connectivity index (χ4n) is 2.87. The summed E-state index contributed by atoms with van der Waals surface area (Å²) in [7, 11) is 3.54. The summed E-state index contributed by atoms with van der Waals surface area (Å²) in [6, 6.07) is 11.4. The predicted molar refractivity (Wildman–Crippen MR) is 94.0 cm³/mol.